The molecule has 2 aliphatic rings. The highest BCUT2D eigenvalue weighted by Crippen LogP contribution is 2.38. The third-order valence-corrected chi connectivity index (χ3v) is 16.8. The van der Waals surface area contributed by atoms with Crippen molar-refractivity contribution in [2.45, 2.75) is 126 Å². The van der Waals surface area contributed by atoms with Crippen LogP contribution in [0.2, 0.25) is 0 Å². The molecular formula is C50H68N12O12S2. The van der Waals surface area contributed by atoms with Crippen LogP contribution in [0.3, 0.4) is 0 Å². The molecule has 6 aromatic rings. The summed E-state index contributed by atoms with van der Waals surface area (Å²) >= 11 is 0. The molecule has 2 aliphatic heterocycles. The molecule has 8 rings (SSSR count). The van der Waals surface area contributed by atoms with Crippen LogP contribution in [0.5, 0.6) is 23.5 Å². The van der Waals surface area contributed by atoms with Crippen molar-refractivity contribution >= 4 is 19.7 Å². The highest BCUT2D eigenvalue weighted by molar-refractivity contribution is 7.91. The molecule has 26 heteroatoms. The molecule has 0 aromatic carbocycles. The van der Waals surface area contributed by atoms with Crippen LogP contribution in [0.4, 0.5) is 0 Å². The number of hydrogen-bond donors (Lipinski definition) is 0. The zero-order chi connectivity index (χ0) is 54.9. The third kappa shape index (κ3) is 13.1. The molecule has 0 unspecified atom stereocenters. The second-order valence-electron chi connectivity index (χ2n) is 19.0. The van der Waals surface area contributed by atoms with Crippen LogP contribution in [0.15, 0.2) is 49.3 Å². The number of hydrogen-bond acceptors (Lipinski definition) is 22. The van der Waals surface area contributed by atoms with Crippen LogP contribution >= 0.6 is 0 Å². The maximum absolute atomic E-state index is 13.9. The van der Waals surface area contributed by atoms with Crippen molar-refractivity contribution in [3.8, 4) is 34.9 Å². The van der Waals surface area contributed by atoms with Crippen LogP contribution in [-0.2, 0) is 50.1 Å². The summed E-state index contributed by atoms with van der Waals surface area (Å²) in [5, 5.41) is 15.5. The average molecular weight is 1090 g/mol. The van der Waals surface area contributed by atoms with Gasteiger partial charge in [-0.15, -0.1) is 20.4 Å². The first-order chi connectivity index (χ1) is 36.3. The van der Waals surface area contributed by atoms with Gasteiger partial charge in [-0.1, -0.05) is 12.1 Å². The quantitative estimate of drug-likeness (QED) is 0.0811. The first-order valence-electron chi connectivity index (χ1n) is 24.8. The lowest BCUT2D eigenvalue weighted by molar-refractivity contribution is 0.00382. The number of ether oxygens (including phenoxy) is 8. The molecule has 0 bridgehead atoms. The van der Waals surface area contributed by atoms with Gasteiger partial charge in [0.15, 0.2) is 42.7 Å². The van der Waals surface area contributed by atoms with Gasteiger partial charge in [0.05, 0.1) is 75.7 Å². The molecule has 0 saturated carbocycles. The Hall–Kier alpha value is -6.32. The molecule has 6 aromatic heterocycles. The van der Waals surface area contributed by atoms with E-state index in [4.69, 9.17) is 37.9 Å². The molecular weight excluding hydrogens is 1020 g/mol. The van der Waals surface area contributed by atoms with Gasteiger partial charge < -0.3 is 37.9 Å². The Balaban J connectivity index is 0.000000221. The van der Waals surface area contributed by atoms with Gasteiger partial charge in [-0.05, 0) is 91.5 Å². The number of methoxy groups -OCH3 is 4. The maximum atomic E-state index is 13.9. The van der Waals surface area contributed by atoms with E-state index in [0.717, 1.165) is 11.1 Å². The summed E-state index contributed by atoms with van der Waals surface area (Å²) in [6, 6.07) is 7.37. The highest BCUT2D eigenvalue weighted by atomic mass is 32.2. The SMILES string of the molecule is COc1ncnc(OC)c1-n1c(CS(=O)(=O)[C@@H](C)[C@@H](OC(C)C)c2ccc(C)cn2)nnc1[C@@H]1CCOC1.COc1ncnc(OC)c1-n1c(CS(=O)(=O)[C@@H](C)[C@@H](OC(C)C)c2ccc(C)cn2)nnc1[C@H]1CCOC1. The third-order valence-electron chi connectivity index (χ3n) is 12.8. The van der Waals surface area contributed by atoms with Crippen LogP contribution in [0.1, 0.15) is 124 Å². The van der Waals surface area contributed by atoms with E-state index < -0.39 is 53.9 Å². The van der Waals surface area contributed by atoms with Gasteiger partial charge >= 0.3 is 0 Å². The van der Waals surface area contributed by atoms with Crippen LogP contribution < -0.4 is 18.9 Å². The highest BCUT2D eigenvalue weighted by Gasteiger charge is 2.39. The Bertz CT molecular complexity index is 2840. The predicted molar refractivity (Wildman–Crippen MR) is 277 cm³/mol. The lowest BCUT2D eigenvalue weighted by Crippen LogP contribution is -2.31. The zero-order valence-corrected chi connectivity index (χ0v) is 46.6. The topological polar surface area (TPSA) is 281 Å². The number of aryl methyl sites for hydroxylation is 2. The summed E-state index contributed by atoms with van der Waals surface area (Å²) < 4.78 is 104. The number of pyridine rings is 2. The van der Waals surface area contributed by atoms with Crippen molar-refractivity contribution in [3.63, 3.8) is 0 Å². The lowest BCUT2D eigenvalue weighted by Gasteiger charge is -2.26. The summed E-state index contributed by atoms with van der Waals surface area (Å²) in [7, 11) is -1.81. The predicted octanol–water partition coefficient (Wildman–Crippen LogP) is 5.50. The molecule has 24 nitrogen and oxygen atoms in total. The lowest BCUT2D eigenvalue weighted by atomic mass is 10.1. The van der Waals surface area contributed by atoms with Gasteiger partial charge in [-0.25, -0.2) is 16.8 Å². The fraction of sp³-hybridized carbons (Fsp3) is 0.560. The van der Waals surface area contributed by atoms with Gasteiger partial charge in [-0.2, -0.15) is 19.9 Å². The Morgan fingerprint density at radius 3 is 1.17 bits per heavy atom. The average Bonchev–Trinajstić information content (AvgIpc) is 4.26. The summed E-state index contributed by atoms with van der Waals surface area (Å²) in [5.74, 6) is 1.21. The molecule has 0 aliphatic carbocycles. The molecule has 6 atom stereocenters. The van der Waals surface area contributed by atoms with Crippen molar-refractivity contribution in [2.24, 2.45) is 0 Å². The van der Waals surface area contributed by atoms with E-state index in [1.54, 1.807) is 47.5 Å². The smallest absolute Gasteiger partial charge is 0.245 e. The maximum Gasteiger partial charge on any atom is 0.245 e. The molecule has 2 saturated heterocycles. The van der Waals surface area contributed by atoms with Crippen LogP contribution in [0.25, 0.3) is 11.4 Å². The summed E-state index contributed by atoms with van der Waals surface area (Å²) in [6.07, 6.45) is 5.47. The van der Waals surface area contributed by atoms with Gasteiger partial charge in [0.2, 0.25) is 23.5 Å². The molecule has 2 fully saturated rings. The fourth-order valence-electron chi connectivity index (χ4n) is 8.74. The minimum atomic E-state index is -3.84. The summed E-state index contributed by atoms with van der Waals surface area (Å²) in [4.78, 5) is 25.8. The molecule has 412 valence electrons. The number of sulfone groups is 2. The fourth-order valence-corrected chi connectivity index (χ4v) is 11.5. The van der Waals surface area contributed by atoms with Crippen molar-refractivity contribution < 1.29 is 54.7 Å². The van der Waals surface area contributed by atoms with Crippen molar-refractivity contribution in [1.29, 1.82) is 0 Å². The molecule has 0 radical (unpaired) electrons. The molecule has 0 spiro atoms. The van der Waals surface area contributed by atoms with E-state index >= 15 is 0 Å². The van der Waals surface area contributed by atoms with E-state index in [2.05, 4.69) is 50.3 Å². The minimum Gasteiger partial charge on any atom is -0.479 e. The van der Waals surface area contributed by atoms with Gasteiger partial charge in [-0.3, -0.25) is 19.1 Å². The van der Waals surface area contributed by atoms with Gasteiger partial charge in [0, 0.05) is 37.4 Å². The Kier molecular flexibility index (Phi) is 19.0. The molecule has 8 heterocycles. The van der Waals surface area contributed by atoms with E-state index in [1.807, 2.05) is 53.7 Å². The first kappa shape index (κ1) is 57.4. The van der Waals surface area contributed by atoms with E-state index in [0.29, 0.717) is 73.7 Å². The summed E-state index contributed by atoms with van der Waals surface area (Å²) in [5.41, 5.74) is 3.69. The normalized spacial score (nSPS) is 17.5. The van der Waals surface area contributed by atoms with E-state index in [-0.39, 0.29) is 59.2 Å². The van der Waals surface area contributed by atoms with E-state index in [1.165, 1.54) is 41.1 Å². The molecule has 0 amide bonds. The number of nitrogens with zero attached hydrogens (tertiary/aromatic N) is 12. The Labute approximate surface area is 443 Å². The first-order valence-corrected chi connectivity index (χ1v) is 28.2. The Morgan fingerprint density at radius 2 is 0.895 bits per heavy atom. The van der Waals surface area contributed by atoms with Crippen LogP contribution in [-0.4, -0.2) is 154 Å². The van der Waals surface area contributed by atoms with E-state index in [9.17, 15) is 16.8 Å². The molecule has 0 N–H and O–H groups in total. The summed E-state index contributed by atoms with van der Waals surface area (Å²) in [6.45, 7) is 16.6. The Morgan fingerprint density at radius 1 is 0.539 bits per heavy atom. The zero-order valence-electron chi connectivity index (χ0n) is 45.0. The van der Waals surface area contributed by atoms with Crippen LogP contribution in [0, 0.1) is 13.8 Å². The van der Waals surface area contributed by atoms with Gasteiger partial charge in [0.25, 0.3) is 0 Å². The largest absolute Gasteiger partial charge is 0.479 e. The van der Waals surface area contributed by atoms with Gasteiger partial charge in [0.1, 0.15) is 48.0 Å². The van der Waals surface area contributed by atoms with Crippen molar-refractivity contribution in [2.75, 3.05) is 54.9 Å². The standard InChI is InChI=1S/2C25H34N6O6S/c2*1-15(2)37-22(19-8-7-16(3)11-26-19)17(4)38(32,33)13-20-29-30-23(18-9-10-36-12-18)31(20)21-24(34-5)27-14-28-25(21)35-6/h2*7-8,11,14-15,17-18,22H,9-10,12-13H2,1-6H3/t17-,18+,22+;17-,18-,22+/m00/s1. The number of aromatic nitrogens is 12. The molecule has 76 heavy (non-hydrogen) atoms. The minimum absolute atomic E-state index is 0.0974. The monoisotopic (exact) mass is 1090 g/mol. The number of rotatable bonds is 22. The van der Waals surface area contributed by atoms with Crippen molar-refractivity contribution in [1.82, 2.24) is 59.4 Å². The second-order valence-corrected chi connectivity index (χ2v) is 23.7. The van der Waals surface area contributed by atoms with Crippen molar-refractivity contribution in [3.05, 3.63) is 95.1 Å². The second kappa shape index (κ2) is 25.2.